The van der Waals surface area contributed by atoms with Gasteiger partial charge in [0, 0.05) is 33.8 Å². The lowest BCUT2D eigenvalue weighted by molar-refractivity contribution is -0.127. The highest BCUT2D eigenvalue weighted by atomic mass is 16.5. The number of hydrogen-bond acceptors (Lipinski definition) is 3. The largest absolute Gasteiger partial charge is 0.378 e. The smallest absolute Gasteiger partial charge is 0.243 e. The lowest BCUT2D eigenvalue weighted by atomic mass is 10.1. The van der Waals surface area contributed by atoms with Crippen LogP contribution in [-0.2, 0) is 9.53 Å². The average Bonchev–Trinajstić information content (AvgIpc) is 2.49. The van der Waals surface area contributed by atoms with Crippen molar-refractivity contribution in [3.8, 4) is 0 Å². The van der Waals surface area contributed by atoms with Crippen molar-refractivity contribution in [2.24, 2.45) is 10.9 Å². The molecule has 1 saturated heterocycles. The molecule has 1 unspecified atom stereocenters. The Morgan fingerprint density at radius 2 is 2.09 bits per heavy atom. The molecule has 1 aliphatic heterocycles. The standard InChI is InChI=1S/C16H32N4O2/c1-13(2)11-18-16(19-12-15(21)20(3)4)17-9-8-14-7-5-6-10-22-14/h13-14H,5-12H2,1-4H3,(H2,17,18,19). The molecule has 0 saturated carbocycles. The number of guanidine groups is 1. The van der Waals surface area contributed by atoms with Crippen LogP contribution in [0.3, 0.4) is 0 Å². The number of carbonyl (C=O) groups is 1. The molecule has 1 atom stereocenters. The van der Waals surface area contributed by atoms with Gasteiger partial charge in [-0.15, -0.1) is 0 Å². The summed E-state index contributed by atoms with van der Waals surface area (Å²) in [7, 11) is 3.49. The van der Waals surface area contributed by atoms with Crippen molar-refractivity contribution in [1.82, 2.24) is 15.5 Å². The molecule has 1 heterocycles. The molecule has 128 valence electrons. The van der Waals surface area contributed by atoms with Gasteiger partial charge in [0.1, 0.15) is 6.54 Å². The molecule has 0 aromatic carbocycles. The van der Waals surface area contributed by atoms with E-state index >= 15 is 0 Å². The van der Waals surface area contributed by atoms with E-state index in [-0.39, 0.29) is 12.5 Å². The first-order valence-corrected chi connectivity index (χ1v) is 8.33. The first kappa shape index (κ1) is 18.7. The molecular weight excluding hydrogens is 280 g/mol. The number of aliphatic imine (C=N–C) groups is 1. The monoisotopic (exact) mass is 312 g/mol. The van der Waals surface area contributed by atoms with Gasteiger partial charge in [-0.3, -0.25) is 4.79 Å². The third kappa shape index (κ3) is 8.22. The summed E-state index contributed by atoms with van der Waals surface area (Å²) in [5, 5.41) is 6.58. The van der Waals surface area contributed by atoms with Crippen LogP contribution >= 0.6 is 0 Å². The van der Waals surface area contributed by atoms with Crippen molar-refractivity contribution in [2.45, 2.75) is 45.6 Å². The van der Waals surface area contributed by atoms with E-state index in [9.17, 15) is 4.79 Å². The van der Waals surface area contributed by atoms with Gasteiger partial charge in [-0.1, -0.05) is 13.8 Å². The summed E-state index contributed by atoms with van der Waals surface area (Å²) in [6, 6.07) is 0. The molecule has 0 spiro atoms. The van der Waals surface area contributed by atoms with Crippen LogP contribution in [0.2, 0.25) is 0 Å². The zero-order chi connectivity index (χ0) is 16.4. The van der Waals surface area contributed by atoms with Crippen molar-refractivity contribution in [2.75, 3.05) is 40.3 Å². The second-order valence-electron chi connectivity index (χ2n) is 6.43. The Balaban J connectivity index is 2.39. The third-order valence-corrected chi connectivity index (χ3v) is 3.58. The zero-order valence-corrected chi connectivity index (χ0v) is 14.5. The minimum Gasteiger partial charge on any atom is -0.378 e. The number of likely N-dealkylation sites (N-methyl/N-ethyl adjacent to an activating group) is 1. The fourth-order valence-electron chi connectivity index (χ4n) is 2.15. The fourth-order valence-corrected chi connectivity index (χ4v) is 2.15. The van der Waals surface area contributed by atoms with Crippen LogP contribution in [0.5, 0.6) is 0 Å². The minimum atomic E-state index is 0.00117. The van der Waals surface area contributed by atoms with E-state index in [1.807, 2.05) is 0 Å². The average molecular weight is 312 g/mol. The summed E-state index contributed by atoms with van der Waals surface area (Å²) in [5.74, 6) is 1.24. The van der Waals surface area contributed by atoms with E-state index in [1.54, 1.807) is 19.0 Å². The molecule has 1 rings (SSSR count). The number of nitrogens with zero attached hydrogens (tertiary/aromatic N) is 2. The molecule has 2 N–H and O–H groups in total. The van der Waals surface area contributed by atoms with Gasteiger partial charge < -0.3 is 20.3 Å². The zero-order valence-electron chi connectivity index (χ0n) is 14.5. The van der Waals surface area contributed by atoms with E-state index in [4.69, 9.17) is 4.74 Å². The summed E-state index contributed by atoms with van der Waals surface area (Å²) in [4.78, 5) is 17.6. The number of hydrogen-bond donors (Lipinski definition) is 2. The molecule has 0 bridgehead atoms. The molecule has 0 aromatic rings. The molecular formula is C16H32N4O2. The maximum Gasteiger partial charge on any atom is 0.243 e. The third-order valence-electron chi connectivity index (χ3n) is 3.58. The van der Waals surface area contributed by atoms with E-state index in [0.29, 0.717) is 18.0 Å². The summed E-state index contributed by atoms with van der Waals surface area (Å²) < 4.78 is 5.73. The SMILES string of the molecule is CC(C)CNC(=NCC(=O)N(C)C)NCCC1CCCCO1. The predicted molar refractivity (Wildman–Crippen MR) is 90.0 cm³/mol. The maximum atomic E-state index is 11.6. The first-order valence-electron chi connectivity index (χ1n) is 8.33. The highest BCUT2D eigenvalue weighted by Crippen LogP contribution is 2.14. The number of nitrogens with one attached hydrogen (secondary N) is 2. The van der Waals surface area contributed by atoms with E-state index in [1.165, 1.54) is 12.8 Å². The topological polar surface area (TPSA) is 66.0 Å². The highest BCUT2D eigenvalue weighted by molar-refractivity contribution is 5.84. The number of rotatable bonds is 7. The van der Waals surface area contributed by atoms with Gasteiger partial charge in [-0.05, 0) is 31.6 Å². The second-order valence-corrected chi connectivity index (χ2v) is 6.43. The molecule has 6 heteroatoms. The van der Waals surface area contributed by atoms with Crippen LogP contribution in [0.25, 0.3) is 0 Å². The Kier molecular flexibility index (Phi) is 8.89. The molecule has 0 aliphatic carbocycles. The lowest BCUT2D eigenvalue weighted by Crippen LogP contribution is -2.41. The molecule has 22 heavy (non-hydrogen) atoms. The highest BCUT2D eigenvalue weighted by Gasteiger charge is 2.13. The maximum absolute atomic E-state index is 11.6. The summed E-state index contributed by atoms with van der Waals surface area (Å²) in [6.45, 7) is 6.98. The van der Waals surface area contributed by atoms with Crippen LogP contribution in [0.1, 0.15) is 39.5 Å². The fraction of sp³-hybridized carbons (Fsp3) is 0.875. The number of ether oxygens (including phenoxy) is 1. The summed E-state index contributed by atoms with van der Waals surface area (Å²) in [5.41, 5.74) is 0. The predicted octanol–water partition coefficient (Wildman–Crippen LogP) is 1.23. The van der Waals surface area contributed by atoms with E-state index in [0.717, 1.165) is 32.5 Å². The van der Waals surface area contributed by atoms with Crippen molar-refractivity contribution in [3.05, 3.63) is 0 Å². The van der Waals surface area contributed by atoms with Gasteiger partial charge >= 0.3 is 0 Å². The minimum absolute atomic E-state index is 0.00117. The van der Waals surface area contributed by atoms with Crippen molar-refractivity contribution >= 4 is 11.9 Å². The number of amides is 1. The molecule has 1 amide bonds. The van der Waals surface area contributed by atoms with Crippen molar-refractivity contribution in [3.63, 3.8) is 0 Å². The van der Waals surface area contributed by atoms with Crippen LogP contribution in [0.15, 0.2) is 4.99 Å². The Bertz CT molecular complexity index is 350. The van der Waals surface area contributed by atoms with Gasteiger partial charge in [-0.2, -0.15) is 0 Å². The van der Waals surface area contributed by atoms with E-state index in [2.05, 4.69) is 29.5 Å². The molecule has 0 radical (unpaired) electrons. The van der Waals surface area contributed by atoms with E-state index < -0.39 is 0 Å². The lowest BCUT2D eigenvalue weighted by Gasteiger charge is -2.23. The Morgan fingerprint density at radius 1 is 1.32 bits per heavy atom. The molecule has 1 aliphatic rings. The van der Waals surface area contributed by atoms with Crippen molar-refractivity contribution < 1.29 is 9.53 Å². The number of carbonyl (C=O) groups excluding carboxylic acids is 1. The quantitative estimate of drug-likeness (QED) is 0.548. The summed E-state index contributed by atoms with van der Waals surface area (Å²) in [6.07, 6.45) is 4.92. The van der Waals surface area contributed by atoms with Crippen LogP contribution < -0.4 is 10.6 Å². The van der Waals surface area contributed by atoms with Gasteiger partial charge in [0.25, 0.3) is 0 Å². The summed E-state index contributed by atoms with van der Waals surface area (Å²) >= 11 is 0. The molecule has 6 nitrogen and oxygen atoms in total. The second kappa shape index (κ2) is 10.4. The molecule has 1 fully saturated rings. The van der Waals surface area contributed by atoms with Crippen molar-refractivity contribution in [1.29, 1.82) is 0 Å². The molecule has 0 aromatic heterocycles. The normalized spacial score (nSPS) is 19.1. The Labute approximate surface area is 134 Å². The van der Waals surface area contributed by atoms with Gasteiger partial charge in [0.15, 0.2) is 5.96 Å². The van der Waals surface area contributed by atoms with Crippen LogP contribution in [0.4, 0.5) is 0 Å². The van der Waals surface area contributed by atoms with Gasteiger partial charge in [0.2, 0.25) is 5.91 Å². The first-order chi connectivity index (χ1) is 10.5. The van der Waals surface area contributed by atoms with Gasteiger partial charge in [-0.25, -0.2) is 4.99 Å². The Hall–Kier alpha value is -1.30. The van der Waals surface area contributed by atoms with Gasteiger partial charge in [0.05, 0.1) is 6.10 Å². The van der Waals surface area contributed by atoms with Crippen LogP contribution in [0, 0.1) is 5.92 Å². The Morgan fingerprint density at radius 3 is 2.68 bits per heavy atom. The van der Waals surface area contributed by atoms with Crippen LogP contribution in [-0.4, -0.2) is 63.2 Å².